The lowest BCUT2D eigenvalue weighted by atomic mass is 10.1. The van der Waals surface area contributed by atoms with Crippen LogP contribution in [0, 0.1) is 6.92 Å². The Kier molecular flexibility index (Phi) is 4.00. The Hall–Kier alpha value is -2.34. The smallest absolute Gasteiger partial charge is 0.320 e. The van der Waals surface area contributed by atoms with Gasteiger partial charge in [-0.2, -0.15) is 0 Å². The van der Waals surface area contributed by atoms with E-state index in [1.54, 1.807) is 0 Å². The SMILES string of the molecule is Cc1oc2ccccc2c1CNC(=O)C1CCC(C(=O)O)N1C1CC1. The van der Waals surface area contributed by atoms with Crippen molar-refractivity contribution in [2.45, 2.75) is 57.3 Å². The summed E-state index contributed by atoms with van der Waals surface area (Å²) in [6, 6.07) is 7.15. The molecule has 2 N–H and O–H groups in total. The fourth-order valence-electron chi connectivity index (χ4n) is 3.96. The molecular weight excluding hydrogens is 320 g/mol. The van der Waals surface area contributed by atoms with Crippen molar-refractivity contribution in [2.75, 3.05) is 0 Å². The molecular formula is C19H22N2O4. The number of hydrogen-bond acceptors (Lipinski definition) is 4. The normalized spacial score (nSPS) is 23.9. The summed E-state index contributed by atoms with van der Waals surface area (Å²) < 4.78 is 5.74. The van der Waals surface area contributed by atoms with Crippen LogP contribution in [0.15, 0.2) is 28.7 Å². The van der Waals surface area contributed by atoms with Crippen LogP contribution in [0.25, 0.3) is 11.0 Å². The summed E-state index contributed by atoms with van der Waals surface area (Å²) in [5, 5.41) is 13.4. The minimum absolute atomic E-state index is 0.0830. The van der Waals surface area contributed by atoms with Gasteiger partial charge >= 0.3 is 5.97 Å². The molecule has 132 valence electrons. The highest BCUT2D eigenvalue weighted by Gasteiger charge is 2.48. The molecule has 4 rings (SSSR count). The van der Waals surface area contributed by atoms with E-state index in [1.165, 1.54) is 0 Å². The first-order valence-electron chi connectivity index (χ1n) is 8.81. The molecule has 0 radical (unpaired) electrons. The monoisotopic (exact) mass is 342 g/mol. The molecule has 2 aromatic rings. The highest BCUT2D eigenvalue weighted by molar-refractivity contribution is 5.86. The van der Waals surface area contributed by atoms with Crippen molar-refractivity contribution in [1.29, 1.82) is 0 Å². The largest absolute Gasteiger partial charge is 0.480 e. The number of fused-ring (bicyclic) bond motifs is 1. The van der Waals surface area contributed by atoms with E-state index in [-0.39, 0.29) is 18.0 Å². The van der Waals surface area contributed by atoms with Crippen LogP contribution < -0.4 is 5.32 Å². The molecule has 1 aliphatic heterocycles. The van der Waals surface area contributed by atoms with Crippen LogP contribution in [0.5, 0.6) is 0 Å². The van der Waals surface area contributed by atoms with Gasteiger partial charge in [-0.3, -0.25) is 14.5 Å². The third-order valence-corrected chi connectivity index (χ3v) is 5.33. The Morgan fingerprint density at radius 2 is 1.92 bits per heavy atom. The van der Waals surface area contributed by atoms with Crippen molar-refractivity contribution < 1.29 is 19.1 Å². The molecule has 1 aromatic heterocycles. The lowest BCUT2D eigenvalue weighted by molar-refractivity contribution is -0.143. The van der Waals surface area contributed by atoms with Gasteiger partial charge in [-0.15, -0.1) is 0 Å². The Balaban J connectivity index is 1.48. The number of nitrogens with one attached hydrogen (secondary N) is 1. The molecule has 0 bridgehead atoms. The molecule has 2 fully saturated rings. The van der Waals surface area contributed by atoms with E-state index in [0.29, 0.717) is 19.4 Å². The van der Waals surface area contributed by atoms with Gasteiger partial charge in [0, 0.05) is 23.5 Å². The maximum absolute atomic E-state index is 12.7. The number of carbonyl (C=O) groups excluding carboxylic acids is 1. The first kappa shape index (κ1) is 16.1. The van der Waals surface area contributed by atoms with Gasteiger partial charge in [0.1, 0.15) is 17.4 Å². The van der Waals surface area contributed by atoms with Crippen molar-refractivity contribution in [1.82, 2.24) is 10.2 Å². The van der Waals surface area contributed by atoms with E-state index in [1.807, 2.05) is 36.1 Å². The average molecular weight is 342 g/mol. The van der Waals surface area contributed by atoms with Gasteiger partial charge in [-0.1, -0.05) is 18.2 Å². The molecule has 2 atom stereocenters. The van der Waals surface area contributed by atoms with Crippen molar-refractivity contribution in [3.63, 3.8) is 0 Å². The fourth-order valence-corrected chi connectivity index (χ4v) is 3.96. The summed E-state index contributed by atoms with van der Waals surface area (Å²) >= 11 is 0. The van der Waals surface area contributed by atoms with E-state index < -0.39 is 12.0 Å². The number of amides is 1. The lowest BCUT2D eigenvalue weighted by Crippen LogP contribution is -2.49. The molecule has 2 aliphatic rings. The summed E-state index contributed by atoms with van der Waals surface area (Å²) in [6.45, 7) is 2.29. The number of aliphatic carboxylic acids is 1. The summed E-state index contributed by atoms with van der Waals surface area (Å²) in [6.07, 6.45) is 3.11. The van der Waals surface area contributed by atoms with Gasteiger partial charge in [0.25, 0.3) is 0 Å². The number of para-hydroxylation sites is 1. The van der Waals surface area contributed by atoms with Gasteiger partial charge in [0.2, 0.25) is 5.91 Å². The van der Waals surface area contributed by atoms with Gasteiger partial charge < -0.3 is 14.8 Å². The summed E-state index contributed by atoms with van der Waals surface area (Å²) in [5.41, 5.74) is 1.80. The standard InChI is InChI=1S/C19H22N2O4/c1-11-14(13-4-2-3-5-17(13)25-11)10-20-18(22)15-8-9-16(19(23)24)21(15)12-6-7-12/h2-5,12,15-16H,6-10H2,1H3,(H,20,22)(H,23,24). The van der Waals surface area contributed by atoms with E-state index in [0.717, 1.165) is 35.1 Å². The zero-order chi connectivity index (χ0) is 17.6. The number of likely N-dealkylation sites (tertiary alicyclic amines) is 1. The number of carbonyl (C=O) groups is 2. The molecule has 2 heterocycles. The third kappa shape index (κ3) is 2.91. The summed E-state index contributed by atoms with van der Waals surface area (Å²) in [5.74, 6) is -0.102. The third-order valence-electron chi connectivity index (χ3n) is 5.33. The predicted octanol–water partition coefficient (Wildman–Crippen LogP) is 2.44. The first-order valence-corrected chi connectivity index (χ1v) is 8.81. The number of hydrogen-bond donors (Lipinski definition) is 2. The second-order valence-corrected chi connectivity index (χ2v) is 6.98. The predicted molar refractivity (Wildman–Crippen MR) is 92.1 cm³/mol. The van der Waals surface area contributed by atoms with Gasteiger partial charge in [-0.05, 0) is 38.7 Å². The number of aryl methyl sites for hydroxylation is 1. The highest BCUT2D eigenvalue weighted by Crippen LogP contribution is 2.37. The molecule has 1 aliphatic carbocycles. The molecule has 2 unspecified atom stereocenters. The topological polar surface area (TPSA) is 82.8 Å². The van der Waals surface area contributed by atoms with Crippen LogP contribution >= 0.6 is 0 Å². The van der Waals surface area contributed by atoms with E-state index in [2.05, 4.69) is 5.32 Å². The Morgan fingerprint density at radius 1 is 1.20 bits per heavy atom. The molecule has 25 heavy (non-hydrogen) atoms. The van der Waals surface area contributed by atoms with E-state index in [9.17, 15) is 14.7 Å². The fraction of sp³-hybridized carbons (Fsp3) is 0.474. The van der Waals surface area contributed by atoms with E-state index >= 15 is 0 Å². The number of carboxylic acids is 1. The maximum atomic E-state index is 12.7. The number of carboxylic acid groups (broad SMARTS) is 1. The first-order chi connectivity index (χ1) is 12.1. The zero-order valence-corrected chi connectivity index (χ0v) is 14.2. The van der Waals surface area contributed by atoms with Gasteiger partial charge in [-0.25, -0.2) is 0 Å². The van der Waals surface area contributed by atoms with Crippen molar-refractivity contribution in [3.8, 4) is 0 Å². The second-order valence-electron chi connectivity index (χ2n) is 6.98. The minimum atomic E-state index is -0.820. The molecule has 0 spiro atoms. The number of furan rings is 1. The van der Waals surface area contributed by atoms with Crippen molar-refractivity contribution in [2.24, 2.45) is 0 Å². The van der Waals surface area contributed by atoms with Crippen LogP contribution in [-0.2, 0) is 16.1 Å². The molecule has 6 nitrogen and oxygen atoms in total. The molecule has 1 saturated heterocycles. The summed E-state index contributed by atoms with van der Waals surface area (Å²) in [4.78, 5) is 26.1. The lowest BCUT2D eigenvalue weighted by Gasteiger charge is -2.27. The van der Waals surface area contributed by atoms with Gasteiger partial charge in [0.05, 0.1) is 6.04 Å². The highest BCUT2D eigenvalue weighted by atomic mass is 16.4. The van der Waals surface area contributed by atoms with Crippen molar-refractivity contribution in [3.05, 3.63) is 35.6 Å². The molecule has 6 heteroatoms. The van der Waals surface area contributed by atoms with Crippen LogP contribution in [-0.4, -0.2) is 40.0 Å². The second kappa shape index (κ2) is 6.19. The van der Waals surface area contributed by atoms with Crippen molar-refractivity contribution >= 4 is 22.8 Å². The maximum Gasteiger partial charge on any atom is 0.320 e. The minimum Gasteiger partial charge on any atom is -0.480 e. The number of nitrogens with zero attached hydrogens (tertiary/aromatic N) is 1. The van der Waals surface area contributed by atoms with E-state index in [4.69, 9.17) is 4.42 Å². The van der Waals surface area contributed by atoms with Crippen LogP contribution in [0.3, 0.4) is 0 Å². The Bertz CT molecular complexity index is 824. The zero-order valence-electron chi connectivity index (χ0n) is 14.2. The van der Waals surface area contributed by atoms with Crippen LogP contribution in [0.4, 0.5) is 0 Å². The Labute approximate surface area is 145 Å². The van der Waals surface area contributed by atoms with Crippen LogP contribution in [0.2, 0.25) is 0 Å². The van der Waals surface area contributed by atoms with Crippen LogP contribution in [0.1, 0.15) is 37.0 Å². The van der Waals surface area contributed by atoms with Gasteiger partial charge in [0.15, 0.2) is 0 Å². The Morgan fingerprint density at radius 3 is 2.64 bits per heavy atom. The molecule has 1 amide bonds. The quantitative estimate of drug-likeness (QED) is 0.872. The molecule has 1 aromatic carbocycles. The summed E-state index contributed by atoms with van der Waals surface area (Å²) in [7, 11) is 0. The number of rotatable bonds is 5. The molecule has 1 saturated carbocycles. The average Bonchev–Trinajstić information content (AvgIpc) is 3.24. The number of benzene rings is 1.